The molecule has 1 aromatic rings. The lowest BCUT2D eigenvalue weighted by Gasteiger charge is -2.19. The molecule has 0 aromatic heterocycles. The number of rotatable bonds is 5. The normalized spacial score (nSPS) is 10.8. The fraction of sp³-hybridized carbons (Fsp3) is 0.462. The largest absolute Gasteiger partial charge is 0.444 e. The SMILES string of the molecule is CC(C)(C)OC(=O)NCCONc1ccccc1. The van der Waals surface area contributed by atoms with Gasteiger partial charge in [0.15, 0.2) is 0 Å². The number of ether oxygens (including phenoxy) is 1. The van der Waals surface area contributed by atoms with E-state index in [0.717, 1.165) is 5.69 Å². The van der Waals surface area contributed by atoms with Crippen LogP contribution in [-0.4, -0.2) is 24.8 Å². The van der Waals surface area contributed by atoms with E-state index in [1.165, 1.54) is 0 Å². The Labute approximate surface area is 107 Å². The third kappa shape index (κ3) is 6.75. The lowest BCUT2D eigenvalue weighted by atomic mass is 10.2. The zero-order chi connectivity index (χ0) is 13.4. The van der Waals surface area contributed by atoms with Crippen LogP contribution in [0.5, 0.6) is 0 Å². The molecule has 0 spiro atoms. The number of carbonyl (C=O) groups is 1. The smallest absolute Gasteiger partial charge is 0.407 e. The number of para-hydroxylation sites is 1. The second-order valence-electron chi connectivity index (χ2n) is 4.75. The number of carbonyl (C=O) groups excluding carboxylic acids is 1. The third-order valence-electron chi connectivity index (χ3n) is 1.84. The first-order chi connectivity index (χ1) is 8.47. The molecule has 100 valence electrons. The van der Waals surface area contributed by atoms with Gasteiger partial charge in [0.05, 0.1) is 12.3 Å². The molecule has 0 bridgehead atoms. The summed E-state index contributed by atoms with van der Waals surface area (Å²) in [5.41, 5.74) is 3.17. The maximum atomic E-state index is 11.3. The fourth-order valence-electron chi connectivity index (χ4n) is 1.16. The highest BCUT2D eigenvalue weighted by Gasteiger charge is 2.15. The Kier molecular flexibility index (Phi) is 5.45. The molecule has 1 amide bonds. The summed E-state index contributed by atoms with van der Waals surface area (Å²) in [5, 5.41) is 2.60. The van der Waals surface area contributed by atoms with Crippen LogP contribution in [0.15, 0.2) is 30.3 Å². The van der Waals surface area contributed by atoms with Gasteiger partial charge in [-0.2, -0.15) is 0 Å². The summed E-state index contributed by atoms with van der Waals surface area (Å²) in [4.78, 5) is 16.5. The van der Waals surface area contributed by atoms with Gasteiger partial charge in [-0.25, -0.2) is 4.79 Å². The minimum Gasteiger partial charge on any atom is -0.444 e. The third-order valence-corrected chi connectivity index (χ3v) is 1.84. The summed E-state index contributed by atoms with van der Waals surface area (Å²) in [6.07, 6.45) is -0.439. The number of amides is 1. The Hall–Kier alpha value is -1.75. The monoisotopic (exact) mass is 252 g/mol. The predicted octanol–water partition coefficient (Wildman–Crippen LogP) is 2.55. The van der Waals surface area contributed by atoms with Gasteiger partial charge in [-0.15, -0.1) is 0 Å². The van der Waals surface area contributed by atoms with E-state index < -0.39 is 11.7 Å². The van der Waals surface area contributed by atoms with Crippen LogP contribution in [0.4, 0.5) is 10.5 Å². The average molecular weight is 252 g/mol. The molecule has 0 unspecified atom stereocenters. The Morgan fingerprint density at radius 1 is 1.22 bits per heavy atom. The van der Waals surface area contributed by atoms with E-state index in [1.807, 2.05) is 51.1 Å². The van der Waals surface area contributed by atoms with Gasteiger partial charge in [0, 0.05) is 6.54 Å². The van der Waals surface area contributed by atoms with E-state index in [-0.39, 0.29) is 0 Å². The summed E-state index contributed by atoms with van der Waals surface area (Å²) in [6, 6.07) is 9.52. The number of hydrogen-bond acceptors (Lipinski definition) is 4. The van der Waals surface area contributed by atoms with Crippen LogP contribution >= 0.6 is 0 Å². The van der Waals surface area contributed by atoms with Crippen LogP contribution in [0.1, 0.15) is 20.8 Å². The van der Waals surface area contributed by atoms with Crippen LogP contribution in [-0.2, 0) is 9.57 Å². The van der Waals surface area contributed by atoms with Crippen LogP contribution in [0.3, 0.4) is 0 Å². The first-order valence-electron chi connectivity index (χ1n) is 5.87. The molecule has 1 aromatic carbocycles. The summed E-state index contributed by atoms with van der Waals surface area (Å²) in [6.45, 7) is 6.20. The summed E-state index contributed by atoms with van der Waals surface area (Å²) in [5.74, 6) is 0. The van der Waals surface area contributed by atoms with E-state index in [2.05, 4.69) is 10.8 Å². The zero-order valence-corrected chi connectivity index (χ0v) is 11.0. The van der Waals surface area contributed by atoms with Crippen molar-refractivity contribution in [3.05, 3.63) is 30.3 Å². The van der Waals surface area contributed by atoms with E-state index in [1.54, 1.807) is 0 Å². The Bertz CT molecular complexity index is 360. The van der Waals surface area contributed by atoms with Crippen LogP contribution in [0.25, 0.3) is 0 Å². The van der Waals surface area contributed by atoms with Gasteiger partial charge in [0.25, 0.3) is 0 Å². The van der Waals surface area contributed by atoms with Crippen molar-refractivity contribution in [1.29, 1.82) is 0 Å². The molecule has 2 N–H and O–H groups in total. The zero-order valence-electron chi connectivity index (χ0n) is 11.0. The number of benzene rings is 1. The van der Waals surface area contributed by atoms with Gasteiger partial charge < -0.3 is 10.1 Å². The minimum absolute atomic E-state index is 0.355. The van der Waals surface area contributed by atoms with Crippen molar-refractivity contribution in [2.45, 2.75) is 26.4 Å². The van der Waals surface area contributed by atoms with E-state index in [9.17, 15) is 4.79 Å². The molecule has 0 fully saturated rings. The lowest BCUT2D eigenvalue weighted by Crippen LogP contribution is -2.34. The van der Waals surface area contributed by atoms with Crippen molar-refractivity contribution in [2.24, 2.45) is 0 Å². The fourth-order valence-corrected chi connectivity index (χ4v) is 1.16. The van der Waals surface area contributed by atoms with Gasteiger partial charge in [0.1, 0.15) is 5.60 Å². The summed E-state index contributed by atoms with van der Waals surface area (Å²) < 4.78 is 5.08. The molecule has 0 saturated carbocycles. The maximum absolute atomic E-state index is 11.3. The lowest BCUT2D eigenvalue weighted by molar-refractivity contribution is 0.0511. The molecule has 0 aliphatic heterocycles. The predicted molar refractivity (Wildman–Crippen MR) is 70.3 cm³/mol. The second kappa shape index (κ2) is 6.86. The van der Waals surface area contributed by atoms with E-state index in [0.29, 0.717) is 13.2 Å². The number of anilines is 1. The van der Waals surface area contributed by atoms with Crippen molar-refractivity contribution in [3.8, 4) is 0 Å². The van der Waals surface area contributed by atoms with Gasteiger partial charge >= 0.3 is 6.09 Å². The molecule has 0 radical (unpaired) electrons. The molecule has 18 heavy (non-hydrogen) atoms. The molecule has 0 saturated heterocycles. The molecule has 0 heterocycles. The van der Waals surface area contributed by atoms with Gasteiger partial charge in [-0.1, -0.05) is 18.2 Å². The highest BCUT2D eigenvalue weighted by atomic mass is 16.6. The van der Waals surface area contributed by atoms with Gasteiger partial charge in [0.2, 0.25) is 0 Å². The van der Waals surface area contributed by atoms with Crippen molar-refractivity contribution < 1.29 is 14.4 Å². The summed E-state index contributed by atoms with van der Waals surface area (Å²) >= 11 is 0. The van der Waals surface area contributed by atoms with Crippen LogP contribution in [0.2, 0.25) is 0 Å². The van der Waals surface area contributed by atoms with Crippen molar-refractivity contribution >= 4 is 11.8 Å². The number of nitrogens with one attached hydrogen (secondary N) is 2. The molecule has 0 aliphatic carbocycles. The molecular weight excluding hydrogens is 232 g/mol. The molecule has 0 atom stereocenters. The van der Waals surface area contributed by atoms with Gasteiger partial charge in [-0.05, 0) is 32.9 Å². The second-order valence-corrected chi connectivity index (χ2v) is 4.75. The number of hydrogen-bond donors (Lipinski definition) is 2. The molecular formula is C13H20N2O3. The first kappa shape index (κ1) is 14.3. The Morgan fingerprint density at radius 3 is 2.50 bits per heavy atom. The van der Waals surface area contributed by atoms with E-state index in [4.69, 9.17) is 9.57 Å². The van der Waals surface area contributed by atoms with E-state index >= 15 is 0 Å². The van der Waals surface area contributed by atoms with Crippen molar-refractivity contribution in [1.82, 2.24) is 5.32 Å². The van der Waals surface area contributed by atoms with Crippen molar-refractivity contribution in [3.63, 3.8) is 0 Å². The standard InChI is InChI=1S/C13H20N2O3/c1-13(2,3)18-12(16)14-9-10-17-15-11-7-5-4-6-8-11/h4-8,15H,9-10H2,1-3H3,(H,14,16). The minimum atomic E-state index is -0.479. The van der Waals surface area contributed by atoms with Gasteiger partial charge in [-0.3, -0.25) is 10.3 Å². The first-order valence-corrected chi connectivity index (χ1v) is 5.87. The van der Waals surface area contributed by atoms with Crippen LogP contribution < -0.4 is 10.8 Å². The molecule has 1 rings (SSSR count). The van der Waals surface area contributed by atoms with Crippen molar-refractivity contribution in [2.75, 3.05) is 18.6 Å². The molecule has 5 heteroatoms. The highest BCUT2D eigenvalue weighted by Crippen LogP contribution is 2.06. The highest BCUT2D eigenvalue weighted by molar-refractivity contribution is 5.67. The summed E-state index contributed by atoms with van der Waals surface area (Å²) in [7, 11) is 0. The number of alkyl carbamates (subject to hydrolysis) is 1. The topological polar surface area (TPSA) is 59.6 Å². The Balaban J connectivity index is 2.07. The molecule has 5 nitrogen and oxygen atoms in total. The average Bonchev–Trinajstić information content (AvgIpc) is 2.27. The molecule has 0 aliphatic rings. The Morgan fingerprint density at radius 2 is 1.89 bits per heavy atom. The van der Waals surface area contributed by atoms with Crippen LogP contribution in [0, 0.1) is 0 Å². The maximum Gasteiger partial charge on any atom is 0.407 e. The quantitative estimate of drug-likeness (QED) is 0.624.